The summed E-state index contributed by atoms with van der Waals surface area (Å²) >= 11 is 0. The number of aromatic nitrogens is 7. The fraction of sp³-hybridized carbons (Fsp3) is 0.0784. The maximum Gasteiger partial charge on any atom is 0.164 e. The Kier molecular flexibility index (Phi) is 8.56. The molecular formula is C51H39N7. The van der Waals surface area contributed by atoms with E-state index in [1.165, 1.54) is 11.1 Å². The molecule has 3 aromatic heterocycles. The maximum atomic E-state index is 5.27. The number of fused-ring (bicyclic) bond motifs is 2. The van der Waals surface area contributed by atoms with Gasteiger partial charge in [-0.05, 0) is 81.3 Å². The van der Waals surface area contributed by atoms with Crippen LogP contribution in [0.3, 0.4) is 0 Å². The summed E-state index contributed by atoms with van der Waals surface area (Å²) in [5, 5.41) is 0. The topological polar surface area (TPSA) is 74.3 Å². The number of hydrogen-bond acceptors (Lipinski definition) is 5. The third-order valence-electron chi connectivity index (χ3n) is 10.8. The molecule has 0 unspecified atom stereocenters. The summed E-state index contributed by atoms with van der Waals surface area (Å²) in [4.78, 5) is 26.1. The Balaban J connectivity index is 1.31. The second-order valence-corrected chi connectivity index (χ2v) is 14.9. The van der Waals surface area contributed by atoms with E-state index in [-0.39, 0.29) is 0 Å². The minimum atomic E-state index is 0.563. The summed E-state index contributed by atoms with van der Waals surface area (Å²) < 4.78 is 4.53. The molecule has 0 fully saturated rings. The molecule has 58 heavy (non-hydrogen) atoms. The zero-order valence-corrected chi connectivity index (χ0v) is 32.7. The van der Waals surface area contributed by atoms with Gasteiger partial charge in [-0.1, -0.05) is 132 Å². The van der Waals surface area contributed by atoms with E-state index in [1.54, 1.807) is 0 Å². The fourth-order valence-electron chi connectivity index (χ4n) is 7.73. The third kappa shape index (κ3) is 6.23. The SMILES string of the molecule is Cc1ccc(-c2nc(-c3ccc(C)cc3)nc(-c3cc(-n4c(-c5ccccc5C)nc5ccccc54)cc(-n4c(-c5ccccc5C)nc5ccccc54)c3)n2)cc1. The quantitative estimate of drug-likeness (QED) is 0.162. The first-order chi connectivity index (χ1) is 28.4. The van der Waals surface area contributed by atoms with Crippen molar-refractivity contribution in [1.82, 2.24) is 34.1 Å². The molecule has 0 aliphatic heterocycles. The van der Waals surface area contributed by atoms with E-state index in [1.807, 2.05) is 12.1 Å². The molecule has 0 aliphatic carbocycles. The zero-order valence-electron chi connectivity index (χ0n) is 32.7. The molecule has 7 nitrogen and oxygen atoms in total. The maximum absolute atomic E-state index is 5.27. The minimum absolute atomic E-state index is 0.563. The lowest BCUT2D eigenvalue weighted by molar-refractivity contribution is 1.05. The lowest BCUT2D eigenvalue weighted by atomic mass is 10.1. The highest BCUT2D eigenvalue weighted by molar-refractivity contribution is 5.87. The molecular weight excluding hydrogens is 711 g/mol. The van der Waals surface area contributed by atoms with Crippen molar-refractivity contribution < 1.29 is 0 Å². The van der Waals surface area contributed by atoms with Gasteiger partial charge in [0.1, 0.15) is 11.6 Å². The molecule has 0 amide bonds. The van der Waals surface area contributed by atoms with E-state index in [0.717, 1.165) is 84.0 Å². The van der Waals surface area contributed by atoms with E-state index < -0.39 is 0 Å². The van der Waals surface area contributed by atoms with Gasteiger partial charge >= 0.3 is 0 Å². The Hall–Kier alpha value is -7.51. The van der Waals surface area contributed by atoms with Crippen LogP contribution in [-0.2, 0) is 0 Å². The second kappa shape index (κ2) is 14.2. The molecule has 10 aromatic rings. The summed E-state index contributed by atoms with van der Waals surface area (Å²) in [5.74, 6) is 3.49. The van der Waals surface area contributed by atoms with E-state index in [4.69, 9.17) is 24.9 Å². The van der Waals surface area contributed by atoms with Crippen molar-refractivity contribution in [2.75, 3.05) is 0 Å². The largest absolute Gasteiger partial charge is 0.292 e. The summed E-state index contributed by atoms with van der Waals surface area (Å²) in [6.07, 6.45) is 0. The molecule has 0 spiro atoms. The van der Waals surface area contributed by atoms with Crippen LogP contribution in [0.5, 0.6) is 0 Å². The number of benzene rings is 7. The molecule has 0 atom stereocenters. The van der Waals surface area contributed by atoms with Gasteiger partial charge in [-0.25, -0.2) is 24.9 Å². The molecule has 7 aromatic carbocycles. The fourth-order valence-corrected chi connectivity index (χ4v) is 7.73. The van der Waals surface area contributed by atoms with Crippen molar-refractivity contribution in [3.8, 4) is 68.3 Å². The number of aryl methyl sites for hydroxylation is 4. The van der Waals surface area contributed by atoms with Crippen LogP contribution < -0.4 is 0 Å². The van der Waals surface area contributed by atoms with Gasteiger partial charge in [0.2, 0.25) is 0 Å². The van der Waals surface area contributed by atoms with Crippen molar-refractivity contribution in [1.29, 1.82) is 0 Å². The van der Waals surface area contributed by atoms with Gasteiger partial charge in [0.15, 0.2) is 17.5 Å². The Morgan fingerprint density at radius 1 is 0.345 bits per heavy atom. The Morgan fingerprint density at radius 2 is 0.724 bits per heavy atom. The molecule has 0 N–H and O–H groups in total. The van der Waals surface area contributed by atoms with Crippen molar-refractivity contribution >= 4 is 22.1 Å². The van der Waals surface area contributed by atoms with Crippen LogP contribution >= 0.6 is 0 Å². The number of imidazole rings is 2. The molecule has 0 bridgehead atoms. The average molecular weight is 750 g/mol. The van der Waals surface area contributed by atoms with Gasteiger partial charge in [-0.2, -0.15) is 0 Å². The Morgan fingerprint density at radius 3 is 1.16 bits per heavy atom. The van der Waals surface area contributed by atoms with Crippen LogP contribution in [-0.4, -0.2) is 34.1 Å². The van der Waals surface area contributed by atoms with Crippen LogP contribution in [0.25, 0.3) is 90.4 Å². The number of rotatable bonds is 7. The molecule has 0 aliphatic rings. The standard InChI is InChI=1S/C51H39N7/c1-32-21-25-36(26-22-32)47-54-48(37-27-23-33(2)24-28-37)56-49(55-47)38-29-39(57-45-19-11-9-17-43(45)52-50(57)41-15-7-5-13-34(41)3)31-40(30-38)58-46-20-12-10-18-44(46)53-51(58)42-16-8-6-14-35(42)4/h5-31H,1-4H3. The number of hydrogen-bond donors (Lipinski definition) is 0. The summed E-state index contributed by atoms with van der Waals surface area (Å²) in [5.41, 5.74) is 15.0. The van der Waals surface area contributed by atoms with E-state index in [2.05, 4.69) is 188 Å². The first kappa shape index (κ1) is 34.9. The van der Waals surface area contributed by atoms with E-state index in [0.29, 0.717) is 17.5 Å². The van der Waals surface area contributed by atoms with E-state index in [9.17, 15) is 0 Å². The Labute approximate surface area is 337 Å². The molecule has 3 heterocycles. The van der Waals surface area contributed by atoms with Gasteiger partial charge in [-0.3, -0.25) is 9.13 Å². The normalized spacial score (nSPS) is 11.4. The predicted octanol–water partition coefficient (Wildman–Crippen LogP) is 12.1. The summed E-state index contributed by atoms with van der Waals surface area (Å²) in [6.45, 7) is 8.45. The monoisotopic (exact) mass is 749 g/mol. The lowest BCUT2D eigenvalue weighted by Gasteiger charge is -2.17. The predicted molar refractivity (Wildman–Crippen MR) is 235 cm³/mol. The highest BCUT2D eigenvalue weighted by Crippen LogP contribution is 2.37. The first-order valence-electron chi connectivity index (χ1n) is 19.5. The van der Waals surface area contributed by atoms with Crippen molar-refractivity contribution in [3.63, 3.8) is 0 Å². The molecule has 10 rings (SSSR count). The average Bonchev–Trinajstić information content (AvgIpc) is 3.83. The molecule has 0 saturated heterocycles. The van der Waals surface area contributed by atoms with Crippen LogP contribution in [0.2, 0.25) is 0 Å². The summed E-state index contributed by atoms with van der Waals surface area (Å²) in [6, 6.07) is 56.8. The van der Waals surface area contributed by atoms with Gasteiger partial charge in [0.05, 0.1) is 33.4 Å². The van der Waals surface area contributed by atoms with E-state index >= 15 is 0 Å². The Bertz CT molecular complexity index is 2950. The highest BCUT2D eigenvalue weighted by Gasteiger charge is 2.22. The number of para-hydroxylation sites is 4. The van der Waals surface area contributed by atoms with Gasteiger partial charge < -0.3 is 0 Å². The van der Waals surface area contributed by atoms with Crippen molar-refractivity contribution in [3.05, 3.63) is 186 Å². The van der Waals surface area contributed by atoms with Crippen LogP contribution in [0.15, 0.2) is 164 Å². The van der Waals surface area contributed by atoms with Gasteiger partial charge in [0.25, 0.3) is 0 Å². The van der Waals surface area contributed by atoms with Gasteiger partial charge in [0, 0.05) is 27.8 Å². The third-order valence-corrected chi connectivity index (χ3v) is 10.8. The van der Waals surface area contributed by atoms with Crippen molar-refractivity contribution in [2.45, 2.75) is 27.7 Å². The lowest BCUT2D eigenvalue weighted by Crippen LogP contribution is -2.05. The zero-order chi connectivity index (χ0) is 39.3. The number of nitrogens with zero attached hydrogens (tertiary/aromatic N) is 7. The first-order valence-corrected chi connectivity index (χ1v) is 19.5. The van der Waals surface area contributed by atoms with Crippen LogP contribution in [0, 0.1) is 27.7 Å². The summed E-state index contributed by atoms with van der Waals surface area (Å²) in [7, 11) is 0. The van der Waals surface area contributed by atoms with Crippen molar-refractivity contribution in [2.24, 2.45) is 0 Å². The molecule has 278 valence electrons. The molecule has 7 heteroatoms. The highest BCUT2D eigenvalue weighted by atomic mass is 15.1. The molecule has 0 saturated carbocycles. The minimum Gasteiger partial charge on any atom is -0.292 e. The van der Waals surface area contributed by atoms with Crippen LogP contribution in [0.1, 0.15) is 22.3 Å². The molecule has 0 radical (unpaired) electrons. The second-order valence-electron chi connectivity index (χ2n) is 14.9. The van der Waals surface area contributed by atoms with Gasteiger partial charge in [-0.15, -0.1) is 0 Å². The van der Waals surface area contributed by atoms with Crippen LogP contribution in [0.4, 0.5) is 0 Å². The smallest absolute Gasteiger partial charge is 0.164 e.